The summed E-state index contributed by atoms with van der Waals surface area (Å²) in [6.45, 7) is 0.903. The van der Waals surface area contributed by atoms with Crippen LogP contribution in [0.25, 0.3) is 0 Å². The Labute approximate surface area is 101 Å². The molecular formula is C10H10FN5O2. The predicted molar refractivity (Wildman–Crippen MR) is 59.7 cm³/mol. The Kier molecular flexibility index (Phi) is 3.46. The van der Waals surface area contributed by atoms with Gasteiger partial charge in [-0.1, -0.05) is 5.21 Å². The number of halogens is 1. The first-order valence-electron chi connectivity index (χ1n) is 5.13. The predicted octanol–water partition coefficient (Wildman–Crippen LogP) is 0.622. The zero-order valence-corrected chi connectivity index (χ0v) is 9.25. The molecule has 0 aliphatic rings. The maximum atomic E-state index is 12.9. The molecule has 0 saturated carbocycles. The third kappa shape index (κ3) is 2.78. The molecule has 0 aliphatic heterocycles. The van der Waals surface area contributed by atoms with Crippen molar-refractivity contribution >= 4 is 11.8 Å². The van der Waals surface area contributed by atoms with Gasteiger partial charge in [-0.25, -0.2) is 14.2 Å². The summed E-state index contributed by atoms with van der Waals surface area (Å²) in [6.07, 6.45) is 4.18. The molecule has 2 N–H and O–H groups in total. The lowest BCUT2D eigenvalue weighted by Gasteiger charge is -2.08. The number of nitrogens with one attached hydrogen (secondary N) is 1. The summed E-state index contributed by atoms with van der Waals surface area (Å²) in [7, 11) is 0. The molecule has 0 amide bonds. The number of anilines is 1. The quantitative estimate of drug-likeness (QED) is 0.809. The molecule has 0 saturated heterocycles. The number of carbonyl (C=O) groups is 1. The number of carboxylic acid groups (broad SMARTS) is 1. The van der Waals surface area contributed by atoms with Crippen molar-refractivity contribution in [3.8, 4) is 0 Å². The second-order valence-corrected chi connectivity index (χ2v) is 3.45. The molecule has 2 aromatic heterocycles. The van der Waals surface area contributed by atoms with Crippen molar-refractivity contribution in [2.24, 2.45) is 0 Å². The Balaban J connectivity index is 2.02. The maximum absolute atomic E-state index is 12.9. The number of hydrogen-bond donors (Lipinski definition) is 2. The summed E-state index contributed by atoms with van der Waals surface area (Å²) >= 11 is 0. The molecule has 8 heteroatoms. The third-order valence-corrected chi connectivity index (χ3v) is 2.19. The molecule has 0 bridgehead atoms. The summed E-state index contributed by atoms with van der Waals surface area (Å²) in [5.74, 6) is -1.79. The van der Waals surface area contributed by atoms with Gasteiger partial charge in [0.1, 0.15) is 17.2 Å². The highest BCUT2D eigenvalue weighted by molar-refractivity contribution is 5.93. The average Bonchev–Trinajstić information content (AvgIpc) is 2.84. The molecule has 0 radical (unpaired) electrons. The summed E-state index contributed by atoms with van der Waals surface area (Å²) in [6, 6.07) is 0.924. The van der Waals surface area contributed by atoms with E-state index in [0.717, 1.165) is 12.3 Å². The zero-order valence-electron chi connectivity index (χ0n) is 9.25. The molecule has 94 valence electrons. The van der Waals surface area contributed by atoms with Crippen LogP contribution in [0.3, 0.4) is 0 Å². The van der Waals surface area contributed by atoms with E-state index in [1.165, 1.54) is 0 Å². The van der Waals surface area contributed by atoms with Crippen LogP contribution in [0.1, 0.15) is 10.4 Å². The second-order valence-electron chi connectivity index (χ2n) is 3.45. The van der Waals surface area contributed by atoms with Gasteiger partial charge in [0.25, 0.3) is 0 Å². The largest absolute Gasteiger partial charge is 0.478 e. The van der Waals surface area contributed by atoms with Gasteiger partial charge in [-0.05, 0) is 6.07 Å². The number of aromatic nitrogens is 4. The Morgan fingerprint density at radius 1 is 1.56 bits per heavy atom. The molecule has 2 rings (SSSR count). The second kappa shape index (κ2) is 5.21. The molecule has 2 aromatic rings. The monoisotopic (exact) mass is 251 g/mol. The van der Waals surface area contributed by atoms with Crippen LogP contribution in [-0.4, -0.2) is 37.6 Å². The minimum absolute atomic E-state index is 0.129. The highest BCUT2D eigenvalue weighted by atomic mass is 19.1. The lowest BCUT2D eigenvalue weighted by molar-refractivity contribution is 0.0697. The first kappa shape index (κ1) is 12.0. The minimum Gasteiger partial charge on any atom is -0.478 e. The number of hydrogen-bond acceptors (Lipinski definition) is 5. The molecule has 0 aromatic carbocycles. The summed E-state index contributed by atoms with van der Waals surface area (Å²) < 4.78 is 14.5. The number of nitrogens with zero attached hydrogens (tertiary/aromatic N) is 4. The fourth-order valence-corrected chi connectivity index (χ4v) is 1.38. The first-order chi connectivity index (χ1) is 8.66. The van der Waals surface area contributed by atoms with Crippen LogP contribution in [-0.2, 0) is 6.54 Å². The molecule has 7 nitrogen and oxygen atoms in total. The van der Waals surface area contributed by atoms with E-state index in [2.05, 4.69) is 20.6 Å². The van der Waals surface area contributed by atoms with Crippen molar-refractivity contribution in [3.05, 3.63) is 36.0 Å². The van der Waals surface area contributed by atoms with Crippen LogP contribution >= 0.6 is 0 Å². The van der Waals surface area contributed by atoms with E-state index >= 15 is 0 Å². The van der Waals surface area contributed by atoms with E-state index in [9.17, 15) is 9.18 Å². The van der Waals surface area contributed by atoms with Crippen LogP contribution < -0.4 is 5.32 Å². The van der Waals surface area contributed by atoms with Gasteiger partial charge < -0.3 is 10.4 Å². The molecule has 18 heavy (non-hydrogen) atoms. The minimum atomic E-state index is -1.23. The van der Waals surface area contributed by atoms with Crippen molar-refractivity contribution in [1.29, 1.82) is 0 Å². The number of pyridine rings is 1. The Hall–Kier alpha value is -2.51. The van der Waals surface area contributed by atoms with Gasteiger partial charge in [-0.2, -0.15) is 0 Å². The van der Waals surface area contributed by atoms with Gasteiger partial charge in [0.15, 0.2) is 0 Å². The zero-order chi connectivity index (χ0) is 13.0. The van der Waals surface area contributed by atoms with E-state index in [4.69, 9.17) is 5.11 Å². The van der Waals surface area contributed by atoms with Crippen molar-refractivity contribution in [3.63, 3.8) is 0 Å². The lowest BCUT2D eigenvalue weighted by atomic mass is 10.2. The van der Waals surface area contributed by atoms with E-state index in [1.54, 1.807) is 17.1 Å². The smallest absolute Gasteiger partial charge is 0.339 e. The van der Waals surface area contributed by atoms with Gasteiger partial charge in [-0.3, -0.25) is 4.68 Å². The van der Waals surface area contributed by atoms with E-state index < -0.39 is 11.8 Å². The molecule has 0 unspecified atom stereocenters. The molecule has 2 heterocycles. The van der Waals surface area contributed by atoms with Crippen LogP contribution in [0.4, 0.5) is 10.2 Å². The number of aromatic carboxylic acids is 1. The van der Waals surface area contributed by atoms with Crippen molar-refractivity contribution < 1.29 is 14.3 Å². The Bertz CT molecular complexity index is 543. The van der Waals surface area contributed by atoms with E-state index in [0.29, 0.717) is 13.1 Å². The van der Waals surface area contributed by atoms with Gasteiger partial charge in [0.05, 0.1) is 18.9 Å². The summed E-state index contributed by atoms with van der Waals surface area (Å²) in [5, 5.41) is 19.1. The molecule has 0 aliphatic carbocycles. The first-order valence-corrected chi connectivity index (χ1v) is 5.13. The van der Waals surface area contributed by atoms with Crippen molar-refractivity contribution in [2.45, 2.75) is 6.54 Å². The molecule has 0 fully saturated rings. The van der Waals surface area contributed by atoms with Gasteiger partial charge in [-0.15, -0.1) is 5.10 Å². The normalized spacial score (nSPS) is 10.3. The standard InChI is InChI=1S/C10H10FN5O2/c11-7-5-8(10(17)18)9(13-6-7)12-1-3-16-4-2-14-15-16/h2,4-6H,1,3H2,(H,12,13)(H,17,18). The summed E-state index contributed by atoms with van der Waals surface area (Å²) in [5.41, 5.74) is -0.200. The topological polar surface area (TPSA) is 92.9 Å². The Morgan fingerprint density at radius 3 is 3.06 bits per heavy atom. The van der Waals surface area contributed by atoms with Crippen molar-refractivity contribution in [1.82, 2.24) is 20.0 Å². The van der Waals surface area contributed by atoms with Crippen LogP contribution in [0.15, 0.2) is 24.7 Å². The SMILES string of the molecule is O=C(O)c1cc(F)cnc1NCCn1ccnn1. The Morgan fingerprint density at radius 2 is 2.39 bits per heavy atom. The summed E-state index contributed by atoms with van der Waals surface area (Å²) in [4.78, 5) is 14.6. The fourth-order valence-electron chi connectivity index (χ4n) is 1.38. The third-order valence-electron chi connectivity index (χ3n) is 2.19. The molecule has 0 spiro atoms. The van der Waals surface area contributed by atoms with Gasteiger partial charge >= 0.3 is 5.97 Å². The van der Waals surface area contributed by atoms with Gasteiger partial charge in [0, 0.05) is 12.7 Å². The molecular weight excluding hydrogens is 241 g/mol. The van der Waals surface area contributed by atoms with E-state index in [1.807, 2.05) is 0 Å². The highest BCUT2D eigenvalue weighted by Crippen LogP contribution is 2.13. The average molecular weight is 251 g/mol. The number of carboxylic acids is 1. The van der Waals surface area contributed by atoms with Crippen molar-refractivity contribution in [2.75, 3.05) is 11.9 Å². The number of rotatable bonds is 5. The van der Waals surface area contributed by atoms with E-state index in [-0.39, 0.29) is 11.4 Å². The highest BCUT2D eigenvalue weighted by Gasteiger charge is 2.12. The maximum Gasteiger partial charge on any atom is 0.339 e. The van der Waals surface area contributed by atoms with Crippen LogP contribution in [0.2, 0.25) is 0 Å². The van der Waals surface area contributed by atoms with Crippen LogP contribution in [0.5, 0.6) is 0 Å². The fraction of sp³-hybridized carbons (Fsp3) is 0.200. The lowest BCUT2D eigenvalue weighted by Crippen LogP contribution is -2.14. The van der Waals surface area contributed by atoms with Gasteiger partial charge in [0.2, 0.25) is 0 Å². The molecule has 0 atom stereocenters. The van der Waals surface area contributed by atoms with Crippen LogP contribution in [0, 0.1) is 5.82 Å².